The molecule has 27 heavy (non-hydrogen) atoms. The van der Waals surface area contributed by atoms with Gasteiger partial charge in [-0.15, -0.1) is 5.92 Å². The summed E-state index contributed by atoms with van der Waals surface area (Å²) in [7, 11) is -3.68. The third kappa shape index (κ3) is 4.80. The number of likely N-dealkylation sites (tertiary alicyclic amines) is 1. The molecule has 146 valence electrons. The summed E-state index contributed by atoms with van der Waals surface area (Å²) in [5, 5.41) is 8.48. The number of nitrogens with zero attached hydrogens (tertiary/aromatic N) is 1. The lowest BCUT2D eigenvalue weighted by atomic mass is 9.97. The maximum atomic E-state index is 13.0. The van der Waals surface area contributed by atoms with Crippen LogP contribution < -0.4 is 4.74 Å². The second-order valence-electron chi connectivity index (χ2n) is 6.19. The monoisotopic (exact) mass is 393 g/mol. The van der Waals surface area contributed by atoms with Crippen molar-refractivity contribution in [2.75, 3.05) is 13.2 Å². The number of amides is 1. The molecule has 0 aromatic heterocycles. The molecule has 1 aliphatic heterocycles. The van der Waals surface area contributed by atoms with E-state index in [4.69, 9.17) is 4.74 Å². The number of ketones is 1. The van der Waals surface area contributed by atoms with Gasteiger partial charge in [0.2, 0.25) is 0 Å². The van der Waals surface area contributed by atoms with Gasteiger partial charge in [-0.05, 0) is 44.0 Å². The second kappa shape index (κ2) is 8.91. The average Bonchev–Trinajstić information content (AvgIpc) is 2.67. The molecular formula is C19H23NO6S. The number of benzene rings is 1. The first-order valence-corrected chi connectivity index (χ1v) is 10.2. The topological polar surface area (TPSA) is 101 Å². The van der Waals surface area contributed by atoms with Crippen LogP contribution in [-0.4, -0.2) is 54.7 Å². The van der Waals surface area contributed by atoms with Crippen LogP contribution in [0.5, 0.6) is 5.75 Å². The Kier molecular flexibility index (Phi) is 6.86. The minimum atomic E-state index is -3.68. The Hall–Kier alpha value is -2.53. The van der Waals surface area contributed by atoms with Crippen LogP contribution in [0.2, 0.25) is 0 Å². The van der Waals surface area contributed by atoms with Gasteiger partial charge in [0.25, 0.3) is 0 Å². The molecule has 8 heteroatoms. The molecule has 0 saturated carbocycles. The lowest BCUT2D eigenvalue weighted by molar-refractivity contribution is -0.124. The van der Waals surface area contributed by atoms with E-state index in [1.807, 2.05) is 0 Å². The first-order valence-electron chi connectivity index (χ1n) is 8.69. The zero-order valence-electron chi connectivity index (χ0n) is 15.3. The fourth-order valence-electron chi connectivity index (χ4n) is 3.09. The van der Waals surface area contributed by atoms with E-state index in [9.17, 15) is 23.1 Å². The van der Waals surface area contributed by atoms with Crippen molar-refractivity contribution in [1.29, 1.82) is 0 Å². The highest BCUT2D eigenvalue weighted by atomic mass is 32.2. The number of carbonyl (C=O) groups is 2. The average molecular weight is 393 g/mol. The van der Waals surface area contributed by atoms with Crippen molar-refractivity contribution in [1.82, 2.24) is 4.90 Å². The van der Waals surface area contributed by atoms with Crippen molar-refractivity contribution in [2.45, 2.75) is 49.3 Å². The van der Waals surface area contributed by atoms with Crippen LogP contribution in [0.3, 0.4) is 0 Å². The molecule has 0 aliphatic carbocycles. The summed E-state index contributed by atoms with van der Waals surface area (Å²) < 4.78 is 31.3. The molecular weight excluding hydrogens is 370 g/mol. The van der Waals surface area contributed by atoms with E-state index in [0.29, 0.717) is 5.75 Å². The van der Waals surface area contributed by atoms with Crippen molar-refractivity contribution in [2.24, 2.45) is 0 Å². The zero-order chi connectivity index (χ0) is 20.0. The summed E-state index contributed by atoms with van der Waals surface area (Å²) in [6.07, 6.45) is -0.902. The molecule has 1 aromatic rings. The lowest BCUT2D eigenvalue weighted by Gasteiger charge is -2.36. The van der Waals surface area contributed by atoms with Crippen LogP contribution >= 0.6 is 0 Å². The Morgan fingerprint density at radius 2 is 1.96 bits per heavy atom. The smallest absolute Gasteiger partial charge is 0.407 e. The van der Waals surface area contributed by atoms with Gasteiger partial charge in [0.05, 0.1) is 16.2 Å². The number of piperidine rings is 1. The van der Waals surface area contributed by atoms with Gasteiger partial charge in [-0.1, -0.05) is 12.8 Å². The van der Waals surface area contributed by atoms with Crippen LogP contribution in [-0.2, 0) is 14.6 Å². The molecule has 1 aromatic carbocycles. The van der Waals surface area contributed by atoms with Crippen LogP contribution in [0, 0.1) is 11.8 Å². The predicted octanol–water partition coefficient (Wildman–Crippen LogP) is 2.35. The molecule has 1 amide bonds. The standard InChI is InChI=1S/C19H23NO6S/c1-3-5-12-26-14-6-8-15(9-7-14)27(24,25)16-10-11-20(19(22)23)17(13-16)18(21)4-2/h6-9,16-17H,4,10-13H2,1-2H3,(H,22,23). The van der Waals surface area contributed by atoms with Crippen LogP contribution in [0.15, 0.2) is 29.2 Å². The van der Waals surface area contributed by atoms with Crippen LogP contribution in [0.1, 0.15) is 33.1 Å². The molecule has 2 unspecified atom stereocenters. The van der Waals surface area contributed by atoms with E-state index in [1.54, 1.807) is 26.0 Å². The molecule has 0 spiro atoms. The van der Waals surface area contributed by atoms with Gasteiger partial charge >= 0.3 is 6.09 Å². The number of rotatable bonds is 6. The summed E-state index contributed by atoms with van der Waals surface area (Å²) in [5.74, 6) is 5.70. The predicted molar refractivity (Wildman–Crippen MR) is 99.4 cm³/mol. The summed E-state index contributed by atoms with van der Waals surface area (Å²) in [5.41, 5.74) is 0. The highest BCUT2D eigenvalue weighted by Crippen LogP contribution is 2.29. The highest BCUT2D eigenvalue weighted by Gasteiger charge is 2.40. The summed E-state index contributed by atoms with van der Waals surface area (Å²) in [6, 6.07) is 5.13. The molecule has 1 fully saturated rings. The molecule has 1 heterocycles. The van der Waals surface area contributed by atoms with E-state index >= 15 is 0 Å². The lowest BCUT2D eigenvalue weighted by Crippen LogP contribution is -2.52. The third-order valence-electron chi connectivity index (χ3n) is 4.60. The Balaban J connectivity index is 2.19. The number of ether oxygens (including phenoxy) is 1. The van der Waals surface area contributed by atoms with Crippen molar-refractivity contribution in [3.05, 3.63) is 24.3 Å². The minimum Gasteiger partial charge on any atom is -0.481 e. The summed E-state index contributed by atoms with van der Waals surface area (Å²) in [6.45, 7) is 3.58. The van der Waals surface area contributed by atoms with Gasteiger partial charge in [0.15, 0.2) is 15.6 Å². The number of Topliss-reactive ketones (excluding diaryl/α,β-unsaturated/α-hetero) is 1. The van der Waals surface area contributed by atoms with E-state index in [-0.39, 0.29) is 43.1 Å². The van der Waals surface area contributed by atoms with Crippen molar-refractivity contribution < 1.29 is 27.9 Å². The number of hydrogen-bond donors (Lipinski definition) is 1. The number of carbonyl (C=O) groups excluding carboxylic acids is 1. The molecule has 7 nitrogen and oxygen atoms in total. The van der Waals surface area contributed by atoms with Crippen molar-refractivity contribution >= 4 is 21.7 Å². The molecule has 2 rings (SSSR count). The maximum absolute atomic E-state index is 13.0. The first-order chi connectivity index (χ1) is 12.8. The van der Waals surface area contributed by atoms with Crippen molar-refractivity contribution in [3.8, 4) is 17.6 Å². The maximum Gasteiger partial charge on any atom is 0.407 e. The van der Waals surface area contributed by atoms with E-state index in [0.717, 1.165) is 4.90 Å². The van der Waals surface area contributed by atoms with Crippen molar-refractivity contribution in [3.63, 3.8) is 0 Å². The van der Waals surface area contributed by atoms with Gasteiger partial charge in [-0.3, -0.25) is 9.69 Å². The molecule has 1 N–H and O–H groups in total. The molecule has 0 bridgehead atoms. The fraction of sp³-hybridized carbons (Fsp3) is 0.474. The fourth-order valence-corrected chi connectivity index (χ4v) is 4.85. The highest BCUT2D eigenvalue weighted by molar-refractivity contribution is 7.92. The minimum absolute atomic E-state index is 0.0204. The SMILES string of the molecule is CC#CCOc1ccc(S(=O)(=O)C2CCN(C(=O)O)C(C(=O)CC)C2)cc1. The van der Waals surface area contributed by atoms with E-state index in [2.05, 4.69) is 11.8 Å². The largest absolute Gasteiger partial charge is 0.481 e. The van der Waals surface area contributed by atoms with Gasteiger partial charge in [-0.25, -0.2) is 13.2 Å². The number of hydrogen-bond acceptors (Lipinski definition) is 5. The Morgan fingerprint density at radius 1 is 1.30 bits per heavy atom. The van der Waals surface area contributed by atoms with Gasteiger partial charge < -0.3 is 9.84 Å². The Morgan fingerprint density at radius 3 is 2.52 bits per heavy atom. The molecule has 2 atom stereocenters. The van der Waals surface area contributed by atoms with E-state index < -0.39 is 27.2 Å². The molecule has 1 aliphatic rings. The van der Waals surface area contributed by atoms with Gasteiger partial charge in [-0.2, -0.15) is 0 Å². The van der Waals surface area contributed by atoms with E-state index in [1.165, 1.54) is 12.1 Å². The third-order valence-corrected chi connectivity index (χ3v) is 6.83. The molecule has 1 saturated heterocycles. The zero-order valence-corrected chi connectivity index (χ0v) is 16.2. The number of sulfone groups is 1. The summed E-state index contributed by atoms with van der Waals surface area (Å²) >= 11 is 0. The normalized spacial score (nSPS) is 19.7. The van der Waals surface area contributed by atoms with Gasteiger partial charge in [0, 0.05) is 13.0 Å². The first kappa shape index (κ1) is 20.8. The number of carboxylic acid groups (broad SMARTS) is 1. The van der Waals surface area contributed by atoms with Crippen LogP contribution in [0.4, 0.5) is 4.79 Å². The Labute approximate surface area is 159 Å². The van der Waals surface area contributed by atoms with Gasteiger partial charge in [0.1, 0.15) is 12.4 Å². The quantitative estimate of drug-likeness (QED) is 0.745. The van der Waals surface area contributed by atoms with Crippen LogP contribution in [0.25, 0.3) is 0 Å². The molecule has 0 radical (unpaired) electrons. The second-order valence-corrected chi connectivity index (χ2v) is 8.42. The Bertz CT molecular complexity index is 850. The summed E-state index contributed by atoms with van der Waals surface area (Å²) in [4.78, 5) is 24.7.